The maximum Gasteiger partial charge on any atom is 0.313 e. The SMILES string of the molecule is C=CCCC(=O)NC[C@H](OC(=O)[C@@H]1[C@@H]2CC[C@]3(O2)[C@H](C(=O)N(CC=C)c2ccc4ccccc4c2)N([C@@H](CC)CO)C(=O)[C@@H]13)c1ccccc1. The zero-order valence-corrected chi connectivity index (χ0v) is 28.4. The van der Waals surface area contributed by atoms with E-state index >= 15 is 0 Å². The van der Waals surface area contributed by atoms with E-state index in [0.29, 0.717) is 36.9 Å². The Morgan fingerprint density at radius 1 is 1.08 bits per heavy atom. The number of benzene rings is 3. The molecule has 0 unspecified atom stereocenters. The van der Waals surface area contributed by atoms with Gasteiger partial charge in [-0.15, -0.1) is 13.2 Å². The first-order valence-electron chi connectivity index (χ1n) is 17.4. The number of carbonyl (C=O) groups excluding carboxylic acids is 4. The van der Waals surface area contributed by atoms with Crippen molar-refractivity contribution in [1.29, 1.82) is 0 Å². The predicted octanol–water partition coefficient (Wildman–Crippen LogP) is 4.87. The fourth-order valence-electron chi connectivity index (χ4n) is 8.03. The third-order valence-corrected chi connectivity index (χ3v) is 10.4. The van der Waals surface area contributed by atoms with Crippen molar-refractivity contribution < 1.29 is 33.8 Å². The Labute approximate surface area is 292 Å². The van der Waals surface area contributed by atoms with Crippen LogP contribution in [0.15, 0.2) is 98.1 Å². The van der Waals surface area contributed by atoms with Gasteiger partial charge in [-0.1, -0.05) is 79.7 Å². The minimum absolute atomic E-state index is 0.0473. The Hall–Kier alpha value is -4.80. The normalized spacial score (nSPS) is 24.8. The molecule has 3 aromatic rings. The first-order valence-corrected chi connectivity index (χ1v) is 17.4. The average Bonchev–Trinajstić information content (AvgIpc) is 3.79. The van der Waals surface area contributed by atoms with E-state index in [2.05, 4.69) is 18.5 Å². The van der Waals surface area contributed by atoms with Crippen LogP contribution in [0.5, 0.6) is 0 Å². The van der Waals surface area contributed by atoms with Crippen LogP contribution in [-0.4, -0.2) is 77.2 Å². The third kappa shape index (κ3) is 6.33. The summed E-state index contributed by atoms with van der Waals surface area (Å²) in [5, 5.41) is 15.3. The average molecular weight is 680 g/mol. The van der Waals surface area contributed by atoms with Crippen LogP contribution in [0.25, 0.3) is 10.8 Å². The Bertz CT molecular complexity index is 1760. The summed E-state index contributed by atoms with van der Waals surface area (Å²) < 4.78 is 12.8. The molecule has 3 fully saturated rings. The quantitative estimate of drug-likeness (QED) is 0.174. The van der Waals surface area contributed by atoms with Crippen molar-refractivity contribution in [2.24, 2.45) is 11.8 Å². The number of amides is 3. The van der Waals surface area contributed by atoms with Crippen molar-refractivity contribution in [1.82, 2.24) is 10.2 Å². The maximum atomic E-state index is 14.9. The van der Waals surface area contributed by atoms with Gasteiger partial charge in [0.1, 0.15) is 17.7 Å². The number of esters is 1. The first-order chi connectivity index (χ1) is 24.3. The van der Waals surface area contributed by atoms with Gasteiger partial charge in [0, 0.05) is 18.7 Å². The molecule has 3 heterocycles. The second kappa shape index (κ2) is 15.0. The standard InChI is InChI=1S/C40H45N3O7/c1-4-7-17-33(45)41-24-32(27-14-9-8-10-15-27)49-39(48)34-31-20-21-40(50-31)35(34)37(46)43(29(6-3)25-44)36(40)38(47)42(22-5-2)30-19-18-26-13-11-12-16-28(26)23-30/h4-5,8-16,18-19,23,29,31-32,34-36,44H,1-2,6-7,17,20-22,24-25H2,3H3,(H,41,45)/t29-,31-,32-,34+,35+,36-,40+/m0/s1. The van der Waals surface area contributed by atoms with E-state index in [1.54, 1.807) is 17.1 Å². The van der Waals surface area contributed by atoms with Gasteiger partial charge < -0.3 is 29.7 Å². The first kappa shape index (κ1) is 35.0. The lowest BCUT2D eigenvalue weighted by Crippen LogP contribution is -2.59. The molecule has 2 N–H and O–H groups in total. The van der Waals surface area contributed by atoms with Gasteiger partial charge in [-0.25, -0.2) is 0 Å². The molecule has 3 saturated heterocycles. The van der Waals surface area contributed by atoms with Crippen LogP contribution in [0.2, 0.25) is 0 Å². The maximum absolute atomic E-state index is 14.9. The van der Waals surface area contributed by atoms with Crippen molar-refractivity contribution in [3.05, 3.63) is 104 Å². The van der Waals surface area contributed by atoms with Gasteiger partial charge in [0.2, 0.25) is 11.8 Å². The Kier molecular flexibility index (Phi) is 10.5. The summed E-state index contributed by atoms with van der Waals surface area (Å²) in [6.45, 7) is 9.29. The monoisotopic (exact) mass is 679 g/mol. The lowest BCUT2D eigenvalue weighted by molar-refractivity contribution is -0.161. The molecule has 262 valence electrons. The molecule has 10 heteroatoms. The molecule has 50 heavy (non-hydrogen) atoms. The number of aliphatic hydroxyl groups is 1. The predicted molar refractivity (Wildman–Crippen MR) is 190 cm³/mol. The summed E-state index contributed by atoms with van der Waals surface area (Å²) in [6, 6.07) is 21.0. The fraction of sp³-hybridized carbons (Fsp3) is 0.400. The van der Waals surface area contributed by atoms with Crippen LogP contribution >= 0.6 is 0 Å². The molecule has 3 amide bonds. The lowest BCUT2D eigenvalue weighted by atomic mass is 9.70. The van der Waals surface area contributed by atoms with Gasteiger partial charge in [0.25, 0.3) is 5.91 Å². The summed E-state index contributed by atoms with van der Waals surface area (Å²) in [4.78, 5) is 59.3. The molecule has 7 atom stereocenters. The highest BCUT2D eigenvalue weighted by Crippen LogP contribution is 2.59. The number of hydrogen-bond acceptors (Lipinski definition) is 7. The topological polar surface area (TPSA) is 125 Å². The van der Waals surface area contributed by atoms with Crippen molar-refractivity contribution in [2.75, 3.05) is 24.6 Å². The van der Waals surface area contributed by atoms with Gasteiger partial charge in [-0.05, 0) is 54.2 Å². The summed E-state index contributed by atoms with van der Waals surface area (Å²) in [5.74, 6) is -3.53. The minimum Gasteiger partial charge on any atom is -0.455 e. The zero-order valence-electron chi connectivity index (χ0n) is 28.4. The largest absolute Gasteiger partial charge is 0.455 e. The van der Waals surface area contributed by atoms with Crippen LogP contribution in [0.3, 0.4) is 0 Å². The molecule has 2 bridgehead atoms. The van der Waals surface area contributed by atoms with Crippen LogP contribution in [0.4, 0.5) is 5.69 Å². The second-order valence-corrected chi connectivity index (χ2v) is 13.3. The number of likely N-dealkylation sites (tertiary alicyclic amines) is 1. The van der Waals surface area contributed by atoms with Crippen molar-refractivity contribution >= 4 is 40.2 Å². The molecule has 0 aromatic heterocycles. The molecule has 3 aromatic carbocycles. The van der Waals surface area contributed by atoms with Crippen LogP contribution in [0, 0.1) is 11.8 Å². The molecular weight excluding hydrogens is 634 g/mol. The highest BCUT2D eigenvalue weighted by Gasteiger charge is 2.75. The number of hydrogen-bond donors (Lipinski definition) is 2. The van der Waals surface area contributed by atoms with Crippen LogP contribution < -0.4 is 10.2 Å². The smallest absolute Gasteiger partial charge is 0.313 e. The molecule has 0 aliphatic carbocycles. The van der Waals surface area contributed by atoms with Crippen molar-refractivity contribution in [3.8, 4) is 0 Å². The van der Waals surface area contributed by atoms with E-state index in [-0.39, 0.29) is 37.9 Å². The summed E-state index contributed by atoms with van der Waals surface area (Å²) in [5.41, 5.74) is 0.0443. The van der Waals surface area contributed by atoms with Crippen LogP contribution in [-0.2, 0) is 28.7 Å². The highest BCUT2D eigenvalue weighted by molar-refractivity contribution is 6.05. The number of fused-ring (bicyclic) bond motifs is 2. The molecule has 6 rings (SSSR count). The van der Waals surface area contributed by atoms with E-state index in [4.69, 9.17) is 9.47 Å². The Morgan fingerprint density at radius 2 is 1.82 bits per heavy atom. The Morgan fingerprint density at radius 3 is 2.52 bits per heavy atom. The molecule has 3 aliphatic rings. The number of aliphatic hydroxyl groups excluding tert-OH is 1. The number of anilines is 1. The third-order valence-electron chi connectivity index (χ3n) is 10.4. The van der Waals surface area contributed by atoms with Gasteiger partial charge >= 0.3 is 5.97 Å². The molecule has 1 spiro atoms. The minimum atomic E-state index is -1.29. The van der Waals surface area contributed by atoms with E-state index in [1.807, 2.05) is 79.7 Å². The van der Waals surface area contributed by atoms with Crippen LogP contribution in [0.1, 0.15) is 50.7 Å². The highest BCUT2D eigenvalue weighted by atomic mass is 16.6. The van der Waals surface area contributed by atoms with E-state index in [0.717, 1.165) is 10.8 Å². The number of rotatable bonds is 15. The van der Waals surface area contributed by atoms with E-state index in [9.17, 15) is 24.3 Å². The number of nitrogens with one attached hydrogen (secondary N) is 1. The number of ether oxygens (including phenoxy) is 2. The van der Waals surface area contributed by atoms with Gasteiger partial charge in [0.05, 0.1) is 37.1 Å². The van der Waals surface area contributed by atoms with E-state index < -0.39 is 53.6 Å². The molecule has 0 radical (unpaired) electrons. The van der Waals surface area contributed by atoms with E-state index in [1.165, 1.54) is 4.90 Å². The summed E-state index contributed by atoms with van der Waals surface area (Å²) >= 11 is 0. The molecule has 3 aliphatic heterocycles. The number of allylic oxidation sites excluding steroid dienone is 1. The van der Waals surface area contributed by atoms with Crippen molar-refractivity contribution in [3.63, 3.8) is 0 Å². The van der Waals surface area contributed by atoms with Crippen molar-refractivity contribution in [2.45, 2.75) is 68.9 Å². The fourth-order valence-corrected chi connectivity index (χ4v) is 8.03. The van der Waals surface area contributed by atoms with Gasteiger partial charge in [-0.2, -0.15) is 0 Å². The summed E-state index contributed by atoms with van der Waals surface area (Å²) in [6.07, 6.45) is 3.89. The number of nitrogens with zero attached hydrogens (tertiary/aromatic N) is 2. The second-order valence-electron chi connectivity index (χ2n) is 13.3. The molecule has 10 nitrogen and oxygen atoms in total. The van der Waals surface area contributed by atoms with Gasteiger partial charge in [0.15, 0.2) is 0 Å². The Balaban J connectivity index is 1.33. The lowest BCUT2D eigenvalue weighted by Gasteiger charge is -2.39. The molecule has 0 saturated carbocycles. The van der Waals surface area contributed by atoms with Gasteiger partial charge in [-0.3, -0.25) is 19.2 Å². The number of carbonyl (C=O) groups is 4. The summed E-state index contributed by atoms with van der Waals surface area (Å²) in [7, 11) is 0. The zero-order chi connectivity index (χ0) is 35.4. The molecular formula is C40H45N3O7.